The molecule has 3 rings (SSSR count). The fourth-order valence-corrected chi connectivity index (χ4v) is 3.29. The number of unbranched alkanes of at least 4 members (excludes halogenated alkanes) is 2. The number of imidazole rings is 1. The lowest BCUT2D eigenvalue weighted by Gasteiger charge is -2.16. The van der Waals surface area contributed by atoms with Crippen LogP contribution in [-0.4, -0.2) is 44.7 Å². The molecule has 1 aromatic carbocycles. The van der Waals surface area contributed by atoms with Gasteiger partial charge in [-0.1, -0.05) is 44.0 Å². The van der Waals surface area contributed by atoms with Crippen LogP contribution in [0.25, 0.3) is 23.2 Å². The highest BCUT2D eigenvalue weighted by atomic mass is 19.4. The van der Waals surface area contributed by atoms with Gasteiger partial charge in [-0.3, -0.25) is 0 Å². The highest BCUT2D eigenvalue weighted by molar-refractivity contribution is 5.81. The van der Waals surface area contributed by atoms with E-state index in [-0.39, 0.29) is 5.82 Å². The molecule has 0 N–H and O–H groups in total. The number of nitrogens with zero attached hydrogens (tertiary/aromatic N) is 5. The lowest BCUT2D eigenvalue weighted by molar-refractivity contribution is -0.159. The maximum atomic E-state index is 12.6. The van der Waals surface area contributed by atoms with E-state index < -0.39 is 12.1 Å². The summed E-state index contributed by atoms with van der Waals surface area (Å²) in [7, 11) is 2.10. The van der Waals surface area contributed by atoms with E-state index >= 15 is 0 Å². The SMILES string of the molecule is CCCCCc1nc2cc(/C=C/c3noc(C(F)(F)F)n3)ccc2n1CCN(C)CC. The smallest absolute Gasteiger partial charge is 0.329 e. The fourth-order valence-electron chi connectivity index (χ4n) is 3.29. The van der Waals surface area contributed by atoms with Crippen molar-refractivity contribution in [2.75, 3.05) is 20.1 Å². The van der Waals surface area contributed by atoms with Crippen molar-refractivity contribution in [3.63, 3.8) is 0 Å². The number of fused-ring (bicyclic) bond motifs is 1. The van der Waals surface area contributed by atoms with E-state index in [1.165, 1.54) is 6.08 Å². The maximum Gasteiger partial charge on any atom is 0.471 e. The van der Waals surface area contributed by atoms with Crippen LogP contribution in [0.15, 0.2) is 22.7 Å². The van der Waals surface area contributed by atoms with Crippen molar-refractivity contribution in [2.45, 2.75) is 52.3 Å². The van der Waals surface area contributed by atoms with Crippen LogP contribution in [0.3, 0.4) is 0 Å². The van der Waals surface area contributed by atoms with Crippen LogP contribution < -0.4 is 0 Å². The number of alkyl halides is 3. The van der Waals surface area contributed by atoms with Crippen molar-refractivity contribution >= 4 is 23.2 Å². The zero-order valence-corrected chi connectivity index (χ0v) is 18.1. The molecule has 0 aliphatic heterocycles. The molecule has 0 atom stereocenters. The van der Waals surface area contributed by atoms with Gasteiger partial charge in [-0.15, -0.1) is 0 Å². The average molecular weight is 435 g/mol. The lowest BCUT2D eigenvalue weighted by Crippen LogP contribution is -2.23. The largest absolute Gasteiger partial charge is 0.471 e. The van der Waals surface area contributed by atoms with Gasteiger partial charge in [0.05, 0.1) is 11.0 Å². The molecule has 0 aliphatic rings. The first-order valence-corrected chi connectivity index (χ1v) is 10.6. The Morgan fingerprint density at radius 2 is 1.94 bits per heavy atom. The van der Waals surface area contributed by atoms with Crippen molar-refractivity contribution in [1.29, 1.82) is 0 Å². The Morgan fingerprint density at radius 3 is 2.61 bits per heavy atom. The molecule has 0 fully saturated rings. The van der Waals surface area contributed by atoms with Crippen molar-refractivity contribution in [3.8, 4) is 0 Å². The van der Waals surface area contributed by atoms with E-state index in [1.807, 2.05) is 18.2 Å². The highest BCUT2D eigenvalue weighted by Crippen LogP contribution is 2.27. The van der Waals surface area contributed by atoms with Crippen LogP contribution in [-0.2, 0) is 19.1 Å². The second-order valence-corrected chi connectivity index (χ2v) is 7.57. The first kappa shape index (κ1) is 23.0. The summed E-state index contributed by atoms with van der Waals surface area (Å²) in [5, 5.41) is 3.35. The van der Waals surface area contributed by atoms with Crippen LogP contribution >= 0.6 is 0 Å². The number of aromatic nitrogens is 4. The minimum atomic E-state index is -4.65. The molecule has 0 bridgehead atoms. The topological polar surface area (TPSA) is 60.0 Å². The Hall–Kier alpha value is -2.68. The number of aryl methyl sites for hydroxylation is 1. The van der Waals surface area contributed by atoms with E-state index in [1.54, 1.807) is 6.08 Å². The number of likely N-dealkylation sites (N-methyl/N-ethyl adjacent to an activating group) is 1. The quantitative estimate of drug-likeness (QED) is 0.405. The summed E-state index contributed by atoms with van der Waals surface area (Å²) in [4.78, 5) is 10.5. The van der Waals surface area contributed by atoms with Gasteiger partial charge in [0.15, 0.2) is 5.82 Å². The van der Waals surface area contributed by atoms with Gasteiger partial charge < -0.3 is 14.0 Å². The zero-order chi connectivity index (χ0) is 22.4. The third-order valence-corrected chi connectivity index (χ3v) is 5.21. The van der Waals surface area contributed by atoms with Crippen LogP contribution in [0.5, 0.6) is 0 Å². The first-order valence-electron chi connectivity index (χ1n) is 10.6. The van der Waals surface area contributed by atoms with Crippen molar-refractivity contribution in [1.82, 2.24) is 24.6 Å². The molecule has 2 heterocycles. The van der Waals surface area contributed by atoms with E-state index in [0.29, 0.717) is 0 Å². The molecule has 0 unspecified atom stereocenters. The molecule has 0 radical (unpaired) electrons. The third-order valence-electron chi connectivity index (χ3n) is 5.21. The second-order valence-electron chi connectivity index (χ2n) is 7.57. The second kappa shape index (κ2) is 10.1. The molecule has 3 aromatic rings. The van der Waals surface area contributed by atoms with Crippen LogP contribution in [0.4, 0.5) is 13.2 Å². The summed E-state index contributed by atoms with van der Waals surface area (Å²) in [5.74, 6) is -0.405. The number of benzene rings is 1. The van der Waals surface area contributed by atoms with Crippen LogP contribution in [0.2, 0.25) is 0 Å². The van der Waals surface area contributed by atoms with Crippen molar-refractivity contribution in [3.05, 3.63) is 41.3 Å². The summed E-state index contributed by atoms with van der Waals surface area (Å²) in [6.45, 7) is 7.09. The summed E-state index contributed by atoms with van der Waals surface area (Å²) < 4.78 is 44.3. The van der Waals surface area contributed by atoms with Gasteiger partial charge in [0.25, 0.3) is 0 Å². The van der Waals surface area contributed by atoms with E-state index in [0.717, 1.165) is 67.7 Å². The van der Waals surface area contributed by atoms with Crippen molar-refractivity contribution in [2.24, 2.45) is 0 Å². The summed E-state index contributed by atoms with van der Waals surface area (Å²) >= 11 is 0. The monoisotopic (exact) mass is 435 g/mol. The molecular formula is C22H28F3N5O. The first-order chi connectivity index (χ1) is 14.8. The molecule has 0 aliphatic carbocycles. The number of rotatable bonds is 10. The van der Waals surface area contributed by atoms with Gasteiger partial charge in [0.2, 0.25) is 0 Å². The van der Waals surface area contributed by atoms with Crippen LogP contribution in [0, 0.1) is 0 Å². The van der Waals surface area contributed by atoms with Gasteiger partial charge in [-0.2, -0.15) is 18.2 Å². The fraction of sp³-hybridized carbons (Fsp3) is 0.500. The normalized spacial score (nSPS) is 12.6. The van der Waals surface area contributed by atoms with E-state index in [9.17, 15) is 13.2 Å². The standard InChI is InChI=1S/C22H28F3N5O/c1-4-6-7-8-20-26-17-15-16(9-11-18(17)30(20)14-13-29(3)5-2)10-12-19-27-21(31-28-19)22(23,24)25/h9-12,15H,4-8,13-14H2,1-3H3/b12-10+. The molecule has 31 heavy (non-hydrogen) atoms. The highest BCUT2D eigenvalue weighted by Gasteiger charge is 2.38. The maximum absolute atomic E-state index is 12.6. The number of hydrogen-bond donors (Lipinski definition) is 0. The minimum Gasteiger partial charge on any atom is -0.329 e. The Balaban J connectivity index is 1.84. The molecule has 0 amide bonds. The summed E-state index contributed by atoms with van der Waals surface area (Å²) in [6.07, 6.45) is 2.74. The van der Waals surface area contributed by atoms with E-state index in [2.05, 4.69) is 45.0 Å². The summed E-state index contributed by atoms with van der Waals surface area (Å²) in [5.41, 5.74) is 2.74. The predicted octanol–water partition coefficient (Wildman–Crippen LogP) is 5.29. The molecule has 6 nitrogen and oxygen atoms in total. The summed E-state index contributed by atoms with van der Waals surface area (Å²) in [6, 6.07) is 5.86. The van der Waals surface area contributed by atoms with Gasteiger partial charge in [-0.25, -0.2) is 4.98 Å². The van der Waals surface area contributed by atoms with Crippen molar-refractivity contribution < 1.29 is 17.7 Å². The van der Waals surface area contributed by atoms with Gasteiger partial charge in [0.1, 0.15) is 5.82 Å². The molecule has 2 aromatic heterocycles. The molecule has 0 saturated heterocycles. The van der Waals surface area contributed by atoms with E-state index in [4.69, 9.17) is 4.98 Å². The Kier molecular flexibility index (Phi) is 7.48. The Labute approximate surface area is 179 Å². The zero-order valence-electron chi connectivity index (χ0n) is 18.1. The molecule has 168 valence electrons. The number of hydrogen-bond acceptors (Lipinski definition) is 5. The average Bonchev–Trinajstić information content (AvgIpc) is 3.35. The predicted molar refractivity (Wildman–Crippen MR) is 114 cm³/mol. The molecule has 0 saturated carbocycles. The van der Waals surface area contributed by atoms with Gasteiger partial charge in [0, 0.05) is 19.5 Å². The Bertz CT molecular complexity index is 1020. The molecule has 0 spiro atoms. The number of halogens is 3. The molecular weight excluding hydrogens is 407 g/mol. The minimum absolute atomic E-state index is 0.124. The third kappa shape index (κ3) is 5.94. The van der Waals surface area contributed by atoms with Gasteiger partial charge in [-0.05, 0) is 43.8 Å². The van der Waals surface area contributed by atoms with Gasteiger partial charge >= 0.3 is 12.1 Å². The molecule has 9 heteroatoms. The Morgan fingerprint density at radius 1 is 1.13 bits per heavy atom. The lowest BCUT2D eigenvalue weighted by atomic mass is 10.2. The van der Waals surface area contributed by atoms with Crippen LogP contribution in [0.1, 0.15) is 56.2 Å².